The third-order valence-corrected chi connectivity index (χ3v) is 10.5. The molecule has 2 atom stereocenters. The minimum Gasteiger partial charge on any atom is -0.392 e. The van der Waals surface area contributed by atoms with Gasteiger partial charge in [0.25, 0.3) is 11.1 Å². The van der Waals surface area contributed by atoms with E-state index in [1.165, 1.54) is 17.1 Å². The van der Waals surface area contributed by atoms with Gasteiger partial charge in [-0.1, -0.05) is 0 Å². The number of pyridine rings is 3. The molecule has 2 N–H and O–H groups in total. The van der Waals surface area contributed by atoms with Crippen molar-refractivity contribution in [2.24, 2.45) is 7.05 Å². The van der Waals surface area contributed by atoms with Crippen LogP contribution in [0.2, 0.25) is 0 Å². The molecule has 2 aliphatic heterocycles. The molecule has 7 heterocycles. The highest BCUT2D eigenvalue weighted by Crippen LogP contribution is 2.31. The first-order chi connectivity index (χ1) is 24.2. The predicted molar refractivity (Wildman–Crippen MR) is 187 cm³/mol. The van der Waals surface area contributed by atoms with Crippen molar-refractivity contribution >= 4 is 22.7 Å². The SMILES string of the molecule is C[C@@H]1CN(c2ccc(Nc3cc(-c4ccnc(-n5ncn6c7c(c(F)c6c5=O)CCCC7)c4CO)cn(C)c3=O)nc2)[C@@H](C)CN1C1COC1. The Morgan fingerprint density at radius 2 is 1.86 bits per heavy atom. The summed E-state index contributed by atoms with van der Waals surface area (Å²) in [5.74, 6) is 0.0684. The number of ether oxygens (including phenoxy) is 1. The maximum atomic E-state index is 15.5. The van der Waals surface area contributed by atoms with Gasteiger partial charge < -0.3 is 24.6 Å². The topological polar surface area (TPSA) is 135 Å². The van der Waals surface area contributed by atoms with Crippen molar-refractivity contribution in [3.05, 3.63) is 92.5 Å². The van der Waals surface area contributed by atoms with E-state index in [4.69, 9.17) is 4.74 Å². The van der Waals surface area contributed by atoms with Gasteiger partial charge in [0.1, 0.15) is 17.8 Å². The highest BCUT2D eigenvalue weighted by Gasteiger charge is 2.36. The Hall–Kier alpha value is -4.92. The molecule has 0 saturated carbocycles. The lowest BCUT2D eigenvalue weighted by Gasteiger charge is -2.50. The average Bonchev–Trinajstić information content (AvgIpc) is 3.39. The van der Waals surface area contributed by atoms with E-state index in [1.54, 1.807) is 29.8 Å². The van der Waals surface area contributed by atoms with Crippen LogP contribution in [-0.4, -0.2) is 83.2 Å². The van der Waals surface area contributed by atoms with Gasteiger partial charge in [0, 0.05) is 67.0 Å². The Morgan fingerprint density at radius 3 is 2.60 bits per heavy atom. The number of aliphatic hydroxyl groups is 1. The van der Waals surface area contributed by atoms with E-state index in [9.17, 15) is 14.7 Å². The van der Waals surface area contributed by atoms with Crippen molar-refractivity contribution in [1.82, 2.24) is 33.6 Å². The molecule has 2 fully saturated rings. The van der Waals surface area contributed by atoms with Gasteiger partial charge in [-0.25, -0.2) is 14.4 Å². The molecular weight excluding hydrogens is 641 g/mol. The number of aryl methyl sites for hydroxylation is 2. The molecule has 0 aromatic carbocycles. The summed E-state index contributed by atoms with van der Waals surface area (Å²) in [6.45, 7) is 7.43. The normalized spacial score (nSPS) is 19.8. The van der Waals surface area contributed by atoms with Crippen molar-refractivity contribution in [3.63, 3.8) is 0 Å². The van der Waals surface area contributed by atoms with E-state index in [1.807, 2.05) is 18.3 Å². The second-order valence-corrected chi connectivity index (χ2v) is 13.7. The van der Waals surface area contributed by atoms with Crippen LogP contribution in [0, 0.1) is 5.82 Å². The van der Waals surface area contributed by atoms with Crippen LogP contribution in [-0.2, 0) is 31.2 Å². The highest BCUT2D eigenvalue weighted by atomic mass is 19.1. The first-order valence-electron chi connectivity index (χ1n) is 17.2. The molecule has 13 nitrogen and oxygen atoms in total. The molecule has 50 heavy (non-hydrogen) atoms. The van der Waals surface area contributed by atoms with E-state index >= 15 is 4.39 Å². The molecule has 5 aromatic rings. The Kier molecular flexibility index (Phi) is 8.24. The fourth-order valence-corrected chi connectivity index (χ4v) is 7.75. The zero-order valence-corrected chi connectivity index (χ0v) is 28.3. The van der Waals surface area contributed by atoms with Gasteiger partial charge >= 0.3 is 0 Å². The van der Waals surface area contributed by atoms with Crippen LogP contribution >= 0.6 is 0 Å². The molecule has 8 rings (SSSR count). The molecule has 0 spiro atoms. The summed E-state index contributed by atoms with van der Waals surface area (Å²) in [6.07, 6.45) is 9.47. The summed E-state index contributed by atoms with van der Waals surface area (Å²) in [5.41, 5.74) is 3.07. The van der Waals surface area contributed by atoms with Crippen LogP contribution < -0.4 is 21.3 Å². The Bertz CT molecular complexity index is 2210. The van der Waals surface area contributed by atoms with Crippen LogP contribution in [0.3, 0.4) is 0 Å². The Morgan fingerprint density at radius 1 is 1.04 bits per heavy atom. The number of aliphatic hydroxyl groups excluding tert-OH is 1. The van der Waals surface area contributed by atoms with Gasteiger partial charge in [-0.05, 0) is 69.4 Å². The number of hydrogen-bond acceptors (Lipinski definition) is 10. The van der Waals surface area contributed by atoms with E-state index in [0.717, 1.165) is 55.2 Å². The fraction of sp³-hybridized carbons (Fsp3) is 0.417. The molecule has 3 aliphatic rings. The van der Waals surface area contributed by atoms with Crippen molar-refractivity contribution < 1.29 is 14.2 Å². The van der Waals surface area contributed by atoms with Crippen molar-refractivity contribution in [3.8, 4) is 16.9 Å². The lowest BCUT2D eigenvalue weighted by molar-refractivity contribution is -0.0828. The standard InChI is InChI=1S/C36H40FN9O4/c1-21-15-44(25-18-50-19-25)22(2)14-43(21)24-8-9-31(39-13-24)41-29-12-23(16-42(3)35(29)48)26-10-11-38-34(28(26)17-47)46-36(49)33-32(37)27-6-4-5-7-30(27)45(33)20-40-46/h8-13,16,20-22,25,47H,4-7,14-15,17-19H2,1-3H3,(H,39,41)/t21-,22+/m0/s1. The van der Waals surface area contributed by atoms with Gasteiger partial charge in [-0.2, -0.15) is 9.78 Å². The molecule has 0 bridgehead atoms. The molecule has 0 amide bonds. The zero-order valence-electron chi connectivity index (χ0n) is 28.3. The fourth-order valence-electron chi connectivity index (χ4n) is 7.75. The van der Waals surface area contributed by atoms with Gasteiger partial charge in [0.05, 0.1) is 37.7 Å². The predicted octanol–water partition coefficient (Wildman–Crippen LogP) is 3.19. The van der Waals surface area contributed by atoms with Gasteiger partial charge in [0.2, 0.25) is 0 Å². The summed E-state index contributed by atoms with van der Waals surface area (Å²) in [7, 11) is 1.64. The first-order valence-corrected chi connectivity index (χ1v) is 17.2. The lowest BCUT2D eigenvalue weighted by Crippen LogP contribution is -2.63. The smallest absolute Gasteiger partial charge is 0.300 e. The number of piperazine rings is 1. The number of halogens is 1. The zero-order chi connectivity index (χ0) is 34.7. The largest absolute Gasteiger partial charge is 0.392 e. The second kappa shape index (κ2) is 12.8. The number of rotatable bonds is 7. The summed E-state index contributed by atoms with van der Waals surface area (Å²) in [5, 5.41) is 18.1. The number of aromatic nitrogens is 6. The van der Waals surface area contributed by atoms with Crippen molar-refractivity contribution in [2.75, 3.05) is 36.5 Å². The van der Waals surface area contributed by atoms with Gasteiger partial charge in [0.15, 0.2) is 17.2 Å². The third kappa shape index (κ3) is 5.38. The summed E-state index contributed by atoms with van der Waals surface area (Å²) < 4.78 is 25.0. The maximum Gasteiger partial charge on any atom is 0.300 e. The molecule has 5 aromatic heterocycles. The van der Waals surface area contributed by atoms with Crippen LogP contribution in [0.5, 0.6) is 0 Å². The summed E-state index contributed by atoms with van der Waals surface area (Å²) in [4.78, 5) is 40.9. The number of fused-ring (bicyclic) bond motifs is 3. The minimum absolute atomic E-state index is 0.0786. The molecule has 260 valence electrons. The monoisotopic (exact) mass is 681 g/mol. The minimum atomic E-state index is -0.658. The van der Waals surface area contributed by atoms with Crippen molar-refractivity contribution in [1.29, 1.82) is 0 Å². The number of nitrogens with zero attached hydrogens (tertiary/aromatic N) is 8. The molecule has 2 saturated heterocycles. The van der Waals surface area contributed by atoms with Crippen molar-refractivity contribution in [2.45, 2.75) is 64.3 Å². The Balaban J connectivity index is 1.09. The van der Waals surface area contributed by atoms with Crippen LogP contribution in [0.1, 0.15) is 43.5 Å². The molecule has 14 heteroatoms. The molecule has 0 unspecified atom stereocenters. The molecule has 0 radical (unpaired) electrons. The average molecular weight is 682 g/mol. The number of nitrogens with one attached hydrogen (secondary N) is 1. The third-order valence-electron chi connectivity index (χ3n) is 10.5. The van der Waals surface area contributed by atoms with Gasteiger partial charge in [-0.15, -0.1) is 0 Å². The maximum absolute atomic E-state index is 15.5. The van der Waals surface area contributed by atoms with E-state index in [0.29, 0.717) is 59.0 Å². The highest BCUT2D eigenvalue weighted by molar-refractivity contribution is 5.73. The Labute approximate surface area is 287 Å². The number of hydrogen-bond donors (Lipinski definition) is 2. The van der Waals surface area contributed by atoms with E-state index in [2.05, 4.69) is 44.0 Å². The van der Waals surface area contributed by atoms with Crippen LogP contribution in [0.25, 0.3) is 22.5 Å². The summed E-state index contributed by atoms with van der Waals surface area (Å²) >= 11 is 0. The van der Waals surface area contributed by atoms with Crippen LogP contribution in [0.4, 0.5) is 21.6 Å². The number of anilines is 3. The lowest BCUT2D eigenvalue weighted by atomic mass is 9.98. The van der Waals surface area contributed by atoms with Crippen LogP contribution in [0.15, 0.2) is 58.8 Å². The molecular formula is C36H40FN9O4. The first kappa shape index (κ1) is 32.3. The second-order valence-electron chi connectivity index (χ2n) is 13.7. The van der Waals surface area contributed by atoms with Gasteiger partial charge in [-0.3, -0.25) is 18.9 Å². The quantitative estimate of drug-likeness (QED) is 0.264. The van der Waals surface area contributed by atoms with E-state index in [-0.39, 0.29) is 22.6 Å². The summed E-state index contributed by atoms with van der Waals surface area (Å²) in [6, 6.07) is 8.45. The van der Waals surface area contributed by atoms with E-state index < -0.39 is 18.0 Å². The molecule has 1 aliphatic carbocycles.